The highest BCUT2D eigenvalue weighted by Crippen LogP contribution is 2.20. The van der Waals surface area contributed by atoms with Crippen LogP contribution < -0.4 is 5.43 Å². The molecule has 0 aliphatic rings. The number of hydrogen-bond donors (Lipinski definition) is 1. The predicted molar refractivity (Wildman–Crippen MR) is 70.3 cm³/mol. The molecule has 0 radical (unpaired) electrons. The van der Waals surface area contributed by atoms with Gasteiger partial charge in [-0.1, -0.05) is 11.6 Å². The lowest BCUT2D eigenvalue weighted by Crippen LogP contribution is -2.22. The summed E-state index contributed by atoms with van der Waals surface area (Å²) >= 11 is 5.85. The molecule has 1 aromatic rings. The SMILES string of the molecule is CCOCC(=O)N/N=C/c1cc([N+](=O)[O-])ccc1Cl. The first-order chi connectivity index (χ1) is 9.04. The lowest BCUT2D eigenvalue weighted by Gasteiger charge is -2.00. The Morgan fingerprint density at radius 1 is 1.63 bits per heavy atom. The molecule has 19 heavy (non-hydrogen) atoms. The Balaban J connectivity index is 2.68. The summed E-state index contributed by atoms with van der Waals surface area (Å²) < 4.78 is 4.87. The molecule has 1 aromatic carbocycles. The standard InChI is InChI=1S/C11H12ClN3O4/c1-2-19-7-11(16)14-13-6-8-5-9(15(17)18)3-4-10(8)12/h3-6H,2,7H2,1H3,(H,14,16)/b13-6+. The number of nitrogens with one attached hydrogen (secondary N) is 1. The Labute approximate surface area is 114 Å². The predicted octanol–water partition coefficient (Wildman–Crippen LogP) is 1.73. The van der Waals surface area contributed by atoms with E-state index in [-0.39, 0.29) is 12.3 Å². The summed E-state index contributed by atoms with van der Waals surface area (Å²) in [5, 5.41) is 14.5. The first-order valence-corrected chi connectivity index (χ1v) is 5.76. The van der Waals surface area contributed by atoms with E-state index in [1.165, 1.54) is 24.4 Å². The molecule has 0 unspecified atom stereocenters. The van der Waals surface area contributed by atoms with Gasteiger partial charge in [0.2, 0.25) is 0 Å². The Morgan fingerprint density at radius 3 is 3.00 bits per heavy atom. The average molecular weight is 286 g/mol. The molecule has 0 fully saturated rings. The van der Waals surface area contributed by atoms with Gasteiger partial charge in [-0.15, -0.1) is 0 Å². The van der Waals surface area contributed by atoms with Crippen molar-refractivity contribution in [1.29, 1.82) is 0 Å². The summed E-state index contributed by atoms with van der Waals surface area (Å²) in [4.78, 5) is 21.2. The maximum Gasteiger partial charge on any atom is 0.270 e. The van der Waals surface area contributed by atoms with Crippen molar-refractivity contribution < 1.29 is 14.5 Å². The van der Waals surface area contributed by atoms with E-state index in [0.29, 0.717) is 17.2 Å². The topological polar surface area (TPSA) is 93.8 Å². The van der Waals surface area contributed by atoms with Crippen LogP contribution in [0.4, 0.5) is 5.69 Å². The average Bonchev–Trinajstić information content (AvgIpc) is 2.38. The fourth-order valence-corrected chi connectivity index (χ4v) is 1.31. The quantitative estimate of drug-likeness (QED) is 0.489. The third kappa shape index (κ3) is 5.02. The molecular weight excluding hydrogens is 274 g/mol. The van der Waals surface area contributed by atoms with E-state index in [4.69, 9.17) is 16.3 Å². The highest BCUT2D eigenvalue weighted by molar-refractivity contribution is 6.33. The summed E-state index contributed by atoms with van der Waals surface area (Å²) in [5.41, 5.74) is 2.45. The van der Waals surface area contributed by atoms with Crippen molar-refractivity contribution in [1.82, 2.24) is 5.43 Å². The van der Waals surface area contributed by atoms with Crippen molar-refractivity contribution >= 4 is 29.4 Å². The van der Waals surface area contributed by atoms with Gasteiger partial charge in [-0.25, -0.2) is 5.43 Å². The van der Waals surface area contributed by atoms with Gasteiger partial charge in [0.05, 0.1) is 11.1 Å². The second-order valence-corrected chi connectivity index (χ2v) is 3.80. The lowest BCUT2D eigenvalue weighted by molar-refractivity contribution is -0.384. The zero-order valence-corrected chi connectivity index (χ0v) is 10.9. The van der Waals surface area contributed by atoms with Crippen LogP contribution in [0.3, 0.4) is 0 Å². The molecule has 0 spiro atoms. The number of hydrogen-bond acceptors (Lipinski definition) is 5. The van der Waals surface area contributed by atoms with Crippen molar-refractivity contribution in [2.45, 2.75) is 6.92 Å². The summed E-state index contributed by atoms with van der Waals surface area (Å²) in [5.74, 6) is -0.417. The van der Waals surface area contributed by atoms with Crippen LogP contribution >= 0.6 is 11.6 Å². The minimum atomic E-state index is -0.540. The number of hydrazone groups is 1. The van der Waals surface area contributed by atoms with E-state index in [9.17, 15) is 14.9 Å². The fraction of sp³-hybridized carbons (Fsp3) is 0.273. The zero-order chi connectivity index (χ0) is 14.3. The lowest BCUT2D eigenvalue weighted by atomic mass is 10.2. The van der Waals surface area contributed by atoms with Gasteiger partial charge in [0.25, 0.3) is 11.6 Å². The van der Waals surface area contributed by atoms with Crippen LogP contribution in [0, 0.1) is 10.1 Å². The van der Waals surface area contributed by atoms with Crippen molar-refractivity contribution in [2.75, 3.05) is 13.2 Å². The molecule has 0 saturated carbocycles. The number of rotatable bonds is 6. The molecular formula is C11H12ClN3O4. The van der Waals surface area contributed by atoms with E-state index in [2.05, 4.69) is 10.5 Å². The number of ether oxygens (including phenoxy) is 1. The number of nitro benzene ring substituents is 1. The number of non-ortho nitro benzene ring substituents is 1. The van der Waals surface area contributed by atoms with Gasteiger partial charge in [-0.2, -0.15) is 5.10 Å². The first-order valence-electron chi connectivity index (χ1n) is 5.38. The molecule has 8 heteroatoms. The van der Waals surface area contributed by atoms with Crippen molar-refractivity contribution in [2.24, 2.45) is 5.10 Å². The van der Waals surface area contributed by atoms with Crippen LogP contribution in [0.2, 0.25) is 5.02 Å². The second-order valence-electron chi connectivity index (χ2n) is 3.39. The van der Waals surface area contributed by atoms with Crippen LogP contribution in [0.5, 0.6) is 0 Å². The van der Waals surface area contributed by atoms with Gasteiger partial charge in [0, 0.05) is 29.3 Å². The first kappa shape index (κ1) is 15.1. The van der Waals surface area contributed by atoms with Crippen LogP contribution in [-0.4, -0.2) is 30.3 Å². The van der Waals surface area contributed by atoms with Crippen LogP contribution in [0.25, 0.3) is 0 Å². The summed E-state index contributed by atoms with van der Waals surface area (Å²) in [7, 11) is 0. The van der Waals surface area contributed by atoms with Crippen molar-refractivity contribution in [3.63, 3.8) is 0 Å². The van der Waals surface area contributed by atoms with Crippen LogP contribution in [0.1, 0.15) is 12.5 Å². The number of nitrogens with zero attached hydrogens (tertiary/aromatic N) is 2. The molecule has 7 nitrogen and oxygen atoms in total. The van der Waals surface area contributed by atoms with E-state index >= 15 is 0 Å². The summed E-state index contributed by atoms with van der Waals surface area (Å²) in [6.07, 6.45) is 1.24. The molecule has 1 amide bonds. The number of halogens is 1. The van der Waals surface area contributed by atoms with Crippen molar-refractivity contribution in [3.8, 4) is 0 Å². The monoisotopic (exact) mass is 285 g/mol. The molecule has 0 aliphatic heterocycles. The largest absolute Gasteiger partial charge is 0.372 e. The molecule has 0 saturated heterocycles. The van der Waals surface area contributed by atoms with Gasteiger partial charge < -0.3 is 4.74 Å². The summed E-state index contributed by atoms with van der Waals surface area (Å²) in [6, 6.07) is 3.94. The molecule has 0 aliphatic carbocycles. The number of carbonyl (C=O) groups is 1. The molecule has 1 N–H and O–H groups in total. The number of nitro groups is 1. The van der Waals surface area contributed by atoms with Gasteiger partial charge in [0.1, 0.15) is 6.61 Å². The van der Waals surface area contributed by atoms with E-state index in [0.717, 1.165) is 0 Å². The zero-order valence-electron chi connectivity index (χ0n) is 10.1. The minimum Gasteiger partial charge on any atom is -0.372 e. The Kier molecular flexibility index (Phi) is 5.91. The van der Waals surface area contributed by atoms with Crippen LogP contribution in [-0.2, 0) is 9.53 Å². The minimum absolute atomic E-state index is 0.101. The third-order valence-corrected chi connectivity index (χ3v) is 2.36. The molecule has 1 rings (SSSR count). The third-order valence-electron chi connectivity index (χ3n) is 2.02. The normalized spacial score (nSPS) is 10.6. The van der Waals surface area contributed by atoms with E-state index < -0.39 is 10.8 Å². The van der Waals surface area contributed by atoms with Gasteiger partial charge in [0.15, 0.2) is 0 Å². The maximum absolute atomic E-state index is 11.2. The smallest absolute Gasteiger partial charge is 0.270 e. The van der Waals surface area contributed by atoms with E-state index in [1.54, 1.807) is 6.92 Å². The maximum atomic E-state index is 11.2. The van der Waals surface area contributed by atoms with Gasteiger partial charge >= 0.3 is 0 Å². The van der Waals surface area contributed by atoms with Gasteiger partial charge in [-0.05, 0) is 13.0 Å². The highest BCUT2D eigenvalue weighted by Gasteiger charge is 2.08. The highest BCUT2D eigenvalue weighted by atomic mass is 35.5. The number of benzene rings is 1. The molecule has 0 aromatic heterocycles. The number of amides is 1. The Morgan fingerprint density at radius 2 is 2.37 bits per heavy atom. The molecule has 102 valence electrons. The number of carbonyl (C=O) groups excluding carboxylic acids is 1. The fourth-order valence-electron chi connectivity index (χ4n) is 1.14. The molecule has 0 atom stereocenters. The van der Waals surface area contributed by atoms with Crippen LogP contribution in [0.15, 0.2) is 23.3 Å². The molecule has 0 heterocycles. The Bertz CT molecular complexity index is 505. The van der Waals surface area contributed by atoms with Gasteiger partial charge in [-0.3, -0.25) is 14.9 Å². The second kappa shape index (κ2) is 7.45. The van der Waals surface area contributed by atoms with E-state index in [1.807, 2.05) is 0 Å². The molecule has 0 bridgehead atoms. The summed E-state index contributed by atoms with van der Waals surface area (Å²) in [6.45, 7) is 2.09. The Hall–Kier alpha value is -1.99. The van der Waals surface area contributed by atoms with Crippen molar-refractivity contribution in [3.05, 3.63) is 38.9 Å².